The predicted molar refractivity (Wildman–Crippen MR) is 75.6 cm³/mol. The highest BCUT2D eigenvalue weighted by Crippen LogP contribution is 2.16. The summed E-state index contributed by atoms with van der Waals surface area (Å²) in [6.45, 7) is 5.02. The summed E-state index contributed by atoms with van der Waals surface area (Å²) in [6.07, 6.45) is 0.318. The lowest BCUT2D eigenvalue weighted by molar-refractivity contribution is 0.0988. The van der Waals surface area contributed by atoms with Crippen molar-refractivity contribution in [2.75, 3.05) is 6.54 Å². The van der Waals surface area contributed by atoms with Crippen LogP contribution in [0.2, 0.25) is 0 Å². The third-order valence-electron chi connectivity index (χ3n) is 2.79. The minimum atomic E-state index is -3.72. The van der Waals surface area contributed by atoms with E-state index in [9.17, 15) is 13.2 Å². The molecule has 0 saturated heterocycles. The average Bonchev–Trinajstić information content (AvgIpc) is 2.45. The van der Waals surface area contributed by atoms with Crippen LogP contribution in [0, 0.1) is 16.7 Å². The van der Waals surface area contributed by atoms with Crippen LogP contribution in [0.4, 0.5) is 0 Å². The van der Waals surface area contributed by atoms with E-state index >= 15 is 0 Å². The van der Waals surface area contributed by atoms with E-state index in [2.05, 4.69) is 4.72 Å². The Balaban J connectivity index is 2.99. The topological polar surface area (TPSA) is 87.0 Å². The maximum absolute atomic E-state index is 12.1. The third-order valence-corrected chi connectivity index (χ3v) is 4.19. The highest BCUT2D eigenvalue weighted by Gasteiger charge is 2.22. The summed E-state index contributed by atoms with van der Waals surface area (Å²) in [7, 11) is -3.72. The summed E-state index contributed by atoms with van der Waals surface area (Å²) in [5.74, 6) is -0.112. The predicted octanol–water partition coefficient (Wildman–Crippen LogP) is 2.11. The molecule has 0 aliphatic carbocycles. The molecule has 1 aromatic rings. The fourth-order valence-corrected chi connectivity index (χ4v) is 2.70. The van der Waals surface area contributed by atoms with Gasteiger partial charge in [0.05, 0.1) is 16.4 Å². The highest BCUT2D eigenvalue weighted by molar-refractivity contribution is 7.89. The number of nitrogens with zero attached hydrogens (tertiary/aromatic N) is 1. The molecular formula is C14H18N2O3S. The molecule has 0 aromatic heterocycles. The van der Waals surface area contributed by atoms with Gasteiger partial charge in [-0.15, -0.1) is 0 Å². The second-order valence-electron chi connectivity index (χ2n) is 5.12. The van der Waals surface area contributed by atoms with E-state index in [-0.39, 0.29) is 17.2 Å². The molecule has 0 unspecified atom stereocenters. The van der Waals surface area contributed by atoms with Gasteiger partial charge in [-0.05, 0) is 26.0 Å². The molecule has 0 radical (unpaired) electrons. The van der Waals surface area contributed by atoms with E-state index in [1.807, 2.05) is 6.07 Å². The fourth-order valence-electron chi connectivity index (χ4n) is 1.44. The molecule has 1 rings (SSSR count). The summed E-state index contributed by atoms with van der Waals surface area (Å²) in [6, 6.07) is 7.92. The molecule has 0 atom stereocenters. The Kier molecular flexibility index (Phi) is 5.03. The van der Waals surface area contributed by atoms with E-state index in [0.29, 0.717) is 12.0 Å². The van der Waals surface area contributed by atoms with Crippen LogP contribution in [0.5, 0.6) is 0 Å². The van der Waals surface area contributed by atoms with Crippen LogP contribution in [0.1, 0.15) is 37.6 Å². The van der Waals surface area contributed by atoms with Gasteiger partial charge in [-0.2, -0.15) is 5.26 Å². The van der Waals surface area contributed by atoms with Crippen molar-refractivity contribution in [2.45, 2.75) is 32.1 Å². The van der Waals surface area contributed by atoms with Gasteiger partial charge in [0, 0.05) is 18.5 Å². The first-order chi connectivity index (χ1) is 9.22. The number of benzene rings is 1. The average molecular weight is 294 g/mol. The van der Waals surface area contributed by atoms with E-state index in [1.165, 1.54) is 18.2 Å². The number of nitriles is 1. The van der Waals surface area contributed by atoms with Gasteiger partial charge in [-0.25, -0.2) is 13.1 Å². The Hall–Kier alpha value is -1.71. The molecule has 20 heavy (non-hydrogen) atoms. The number of nitrogens with one attached hydrogen (secondary N) is 1. The van der Waals surface area contributed by atoms with E-state index in [4.69, 9.17) is 5.26 Å². The quantitative estimate of drug-likeness (QED) is 0.814. The zero-order chi connectivity index (χ0) is 15.4. The highest BCUT2D eigenvalue weighted by atomic mass is 32.2. The molecular weight excluding hydrogens is 276 g/mol. The molecule has 5 nitrogen and oxygen atoms in total. The Bertz CT molecular complexity index is 643. The molecule has 0 spiro atoms. The zero-order valence-corrected chi connectivity index (χ0v) is 12.6. The molecule has 6 heteroatoms. The normalized spacial score (nSPS) is 11.9. The van der Waals surface area contributed by atoms with Crippen LogP contribution in [-0.2, 0) is 10.0 Å². The van der Waals surface area contributed by atoms with Crippen molar-refractivity contribution in [2.24, 2.45) is 5.41 Å². The maximum atomic E-state index is 12.1. The van der Waals surface area contributed by atoms with Crippen molar-refractivity contribution in [3.05, 3.63) is 29.8 Å². The van der Waals surface area contributed by atoms with E-state index in [1.54, 1.807) is 26.8 Å². The first-order valence-corrected chi connectivity index (χ1v) is 7.74. The van der Waals surface area contributed by atoms with Crippen molar-refractivity contribution in [1.82, 2.24) is 4.72 Å². The Morgan fingerprint density at radius 2 is 2.05 bits per heavy atom. The number of hydrogen-bond donors (Lipinski definition) is 1. The monoisotopic (exact) mass is 294 g/mol. The van der Waals surface area contributed by atoms with Crippen LogP contribution in [-0.4, -0.2) is 20.7 Å². The summed E-state index contributed by atoms with van der Waals surface area (Å²) in [5, 5.41) is 8.88. The lowest BCUT2D eigenvalue weighted by Crippen LogP contribution is -2.33. The van der Waals surface area contributed by atoms with E-state index in [0.717, 1.165) is 0 Å². The first-order valence-electron chi connectivity index (χ1n) is 6.26. The van der Waals surface area contributed by atoms with Crippen LogP contribution >= 0.6 is 0 Å². The second kappa shape index (κ2) is 6.16. The number of Topliss-reactive ketones (excluding diaryl/α,β-unsaturated/α-hetero) is 1. The molecule has 0 aliphatic heterocycles. The van der Waals surface area contributed by atoms with Crippen molar-refractivity contribution in [3.63, 3.8) is 0 Å². The molecule has 0 amide bonds. The van der Waals surface area contributed by atoms with Crippen molar-refractivity contribution >= 4 is 15.8 Å². The molecule has 0 saturated carbocycles. The standard InChI is InChI=1S/C14H18N2O3S/c1-4-13(17)11-6-5-7-12(8-11)20(18,19)16-10-14(2,3)9-15/h5-8,16H,4,10H2,1-3H3. The number of rotatable bonds is 6. The maximum Gasteiger partial charge on any atom is 0.240 e. The van der Waals surface area contributed by atoms with Crippen LogP contribution in [0.15, 0.2) is 29.2 Å². The Morgan fingerprint density at radius 3 is 2.60 bits per heavy atom. The summed E-state index contributed by atoms with van der Waals surface area (Å²) < 4.78 is 26.6. The zero-order valence-electron chi connectivity index (χ0n) is 11.8. The first kappa shape index (κ1) is 16.3. The van der Waals surface area contributed by atoms with Crippen LogP contribution < -0.4 is 4.72 Å². The lowest BCUT2D eigenvalue weighted by Gasteiger charge is -2.16. The summed E-state index contributed by atoms with van der Waals surface area (Å²) >= 11 is 0. The molecule has 0 aliphatic rings. The minimum absolute atomic E-state index is 0.0117. The van der Waals surface area contributed by atoms with Crippen LogP contribution in [0.3, 0.4) is 0 Å². The molecule has 1 N–H and O–H groups in total. The Morgan fingerprint density at radius 1 is 1.40 bits per heavy atom. The smallest absolute Gasteiger partial charge is 0.240 e. The lowest BCUT2D eigenvalue weighted by atomic mass is 9.97. The van der Waals surface area contributed by atoms with E-state index < -0.39 is 15.4 Å². The number of sulfonamides is 1. The fraction of sp³-hybridized carbons (Fsp3) is 0.429. The second-order valence-corrected chi connectivity index (χ2v) is 6.89. The van der Waals surface area contributed by atoms with Crippen molar-refractivity contribution in [1.29, 1.82) is 5.26 Å². The van der Waals surface area contributed by atoms with Gasteiger partial charge in [-0.3, -0.25) is 4.79 Å². The van der Waals surface area contributed by atoms with Gasteiger partial charge in [0.2, 0.25) is 10.0 Å². The SMILES string of the molecule is CCC(=O)c1cccc(S(=O)(=O)NCC(C)(C)C#N)c1. The van der Waals surface area contributed by atoms with Gasteiger partial charge in [0.15, 0.2) is 5.78 Å². The van der Waals surface area contributed by atoms with Gasteiger partial charge >= 0.3 is 0 Å². The van der Waals surface area contributed by atoms with Gasteiger partial charge < -0.3 is 0 Å². The Labute approximate surface area is 119 Å². The van der Waals surface area contributed by atoms with Gasteiger partial charge in [0.25, 0.3) is 0 Å². The van der Waals surface area contributed by atoms with Crippen LogP contribution in [0.25, 0.3) is 0 Å². The molecule has 0 bridgehead atoms. The molecule has 0 heterocycles. The number of carbonyl (C=O) groups excluding carboxylic acids is 1. The number of carbonyl (C=O) groups is 1. The molecule has 108 valence electrons. The van der Waals surface area contributed by atoms with Gasteiger partial charge in [-0.1, -0.05) is 19.1 Å². The molecule has 0 fully saturated rings. The number of ketones is 1. The third kappa shape index (κ3) is 4.15. The summed E-state index contributed by atoms with van der Waals surface area (Å²) in [5.41, 5.74) is -0.417. The number of hydrogen-bond acceptors (Lipinski definition) is 4. The van der Waals surface area contributed by atoms with Crippen molar-refractivity contribution in [3.8, 4) is 6.07 Å². The van der Waals surface area contributed by atoms with Gasteiger partial charge in [0.1, 0.15) is 0 Å². The summed E-state index contributed by atoms with van der Waals surface area (Å²) in [4.78, 5) is 11.6. The largest absolute Gasteiger partial charge is 0.294 e. The minimum Gasteiger partial charge on any atom is -0.294 e. The molecule has 1 aromatic carbocycles. The van der Waals surface area contributed by atoms with Crippen molar-refractivity contribution < 1.29 is 13.2 Å².